The fourth-order valence-electron chi connectivity index (χ4n) is 3.42. The lowest BCUT2D eigenvalue weighted by Gasteiger charge is -2.35. The topological polar surface area (TPSA) is 106 Å². The Labute approximate surface area is 155 Å². The minimum atomic E-state index is -0.750. The summed E-state index contributed by atoms with van der Waals surface area (Å²) in [6.07, 6.45) is 2.28. The number of aromatic amines is 1. The maximum Gasteiger partial charge on any atom is 0.328 e. The van der Waals surface area contributed by atoms with Gasteiger partial charge < -0.3 is 29.4 Å². The molecule has 0 saturated heterocycles. The first-order valence-corrected chi connectivity index (χ1v) is 8.65. The molecule has 0 fully saturated rings. The number of benzene rings is 1. The highest BCUT2D eigenvalue weighted by molar-refractivity contribution is 5.83. The number of H-pyrrole nitrogens is 1. The van der Waals surface area contributed by atoms with E-state index in [9.17, 15) is 9.59 Å². The number of carbonyl (C=O) groups excluding carboxylic acids is 2. The SMILES string of the molecule is COC(=O)[C@H](C)NC(=O)N1CCc2[nH]cnc2[C@@H]1c1ccc2c(c1)OCO2. The Balaban J connectivity index is 1.66. The van der Waals surface area contributed by atoms with Crippen LogP contribution in [0.5, 0.6) is 11.5 Å². The average molecular weight is 372 g/mol. The molecule has 0 radical (unpaired) electrons. The van der Waals surface area contributed by atoms with Gasteiger partial charge in [-0.25, -0.2) is 14.6 Å². The Kier molecular flexibility index (Phi) is 4.35. The van der Waals surface area contributed by atoms with Crippen LogP contribution in [0, 0.1) is 0 Å². The number of ether oxygens (including phenoxy) is 3. The zero-order valence-corrected chi connectivity index (χ0v) is 15.0. The number of carbonyl (C=O) groups is 2. The van der Waals surface area contributed by atoms with E-state index in [1.54, 1.807) is 18.2 Å². The van der Waals surface area contributed by atoms with Gasteiger partial charge in [-0.1, -0.05) is 6.07 Å². The zero-order chi connectivity index (χ0) is 19.0. The number of aromatic nitrogens is 2. The summed E-state index contributed by atoms with van der Waals surface area (Å²) in [5, 5.41) is 2.69. The number of urea groups is 1. The molecule has 2 amide bonds. The van der Waals surface area contributed by atoms with Crippen molar-refractivity contribution < 1.29 is 23.8 Å². The molecule has 0 unspecified atom stereocenters. The number of nitrogens with one attached hydrogen (secondary N) is 2. The smallest absolute Gasteiger partial charge is 0.328 e. The number of esters is 1. The van der Waals surface area contributed by atoms with Gasteiger partial charge >= 0.3 is 12.0 Å². The Morgan fingerprint density at radius 2 is 2.19 bits per heavy atom. The molecular formula is C18H20N4O5. The second-order valence-corrected chi connectivity index (χ2v) is 6.42. The Morgan fingerprint density at radius 3 is 3.00 bits per heavy atom. The van der Waals surface area contributed by atoms with E-state index in [2.05, 4.69) is 20.0 Å². The molecule has 0 saturated carbocycles. The molecule has 2 aliphatic heterocycles. The van der Waals surface area contributed by atoms with Crippen molar-refractivity contribution in [1.82, 2.24) is 20.2 Å². The highest BCUT2D eigenvalue weighted by Crippen LogP contribution is 2.39. The molecule has 9 nitrogen and oxygen atoms in total. The lowest BCUT2D eigenvalue weighted by Crippen LogP contribution is -2.50. The lowest BCUT2D eigenvalue weighted by molar-refractivity contribution is -0.142. The van der Waals surface area contributed by atoms with Gasteiger partial charge in [-0.3, -0.25) is 0 Å². The van der Waals surface area contributed by atoms with E-state index in [-0.39, 0.29) is 12.8 Å². The predicted octanol–water partition coefficient (Wildman–Crippen LogP) is 1.36. The van der Waals surface area contributed by atoms with Gasteiger partial charge in [0.25, 0.3) is 0 Å². The Morgan fingerprint density at radius 1 is 1.37 bits per heavy atom. The van der Waals surface area contributed by atoms with Crippen LogP contribution >= 0.6 is 0 Å². The van der Waals surface area contributed by atoms with E-state index in [4.69, 9.17) is 9.47 Å². The van der Waals surface area contributed by atoms with Crippen LogP contribution in [0.3, 0.4) is 0 Å². The number of nitrogens with zero attached hydrogens (tertiary/aromatic N) is 2. The van der Waals surface area contributed by atoms with Gasteiger partial charge in [0, 0.05) is 18.7 Å². The summed E-state index contributed by atoms with van der Waals surface area (Å²) in [6, 6.07) is 4.07. The minimum absolute atomic E-state index is 0.179. The first kappa shape index (κ1) is 17.2. The van der Waals surface area contributed by atoms with Gasteiger partial charge in [-0.05, 0) is 24.6 Å². The summed E-state index contributed by atoms with van der Waals surface area (Å²) in [5.41, 5.74) is 2.62. The molecule has 0 bridgehead atoms. The number of fused-ring (bicyclic) bond motifs is 2. The van der Waals surface area contributed by atoms with E-state index < -0.39 is 18.1 Å². The molecule has 1 aromatic heterocycles. The highest BCUT2D eigenvalue weighted by atomic mass is 16.7. The van der Waals surface area contributed by atoms with Crippen molar-refractivity contribution in [3.63, 3.8) is 0 Å². The van der Waals surface area contributed by atoms with Crippen molar-refractivity contribution in [3.05, 3.63) is 41.5 Å². The van der Waals surface area contributed by atoms with Crippen LogP contribution in [0.1, 0.15) is 29.9 Å². The standard InChI is InChI=1S/C18H20N4O5/c1-10(17(23)25-2)21-18(24)22-6-5-12-15(20-8-19-12)16(22)11-3-4-13-14(7-11)27-9-26-13/h3-4,7-8,10,16H,5-6,9H2,1-2H3,(H,19,20)(H,21,24)/t10-,16-/m0/s1. The van der Waals surface area contributed by atoms with Crippen molar-refractivity contribution in [2.24, 2.45) is 0 Å². The second-order valence-electron chi connectivity index (χ2n) is 6.42. The third-order valence-electron chi connectivity index (χ3n) is 4.79. The third-order valence-corrected chi connectivity index (χ3v) is 4.79. The molecule has 9 heteroatoms. The van der Waals surface area contributed by atoms with Crippen LogP contribution in [0.15, 0.2) is 24.5 Å². The number of rotatable bonds is 3. The van der Waals surface area contributed by atoms with Gasteiger partial charge in [-0.2, -0.15) is 0 Å². The number of hydrogen-bond acceptors (Lipinski definition) is 6. The van der Waals surface area contributed by atoms with Crippen LogP contribution in [-0.4, -0.2) is 53.4 Å². The molecule has 2 N–H and O–H groups in total. The van der Waals surface area contributed by atoms with E-state index in [1.165, 1.54) is 7.11 Å². The van der Waals surface area contributed by atoms with Gasteiger partial charge in [0.2, 0.25) is 6.79 Å². The van der Waals surface area contributed by atoms with E-state index in [0.717, 1.165) is 17.0 Å². The van der Waals surface area contributed by atoms with Crippen LogP contribution in [0.4, 0.5) is 4.79 Å². The Hall–Kier alpha value is -3.23. The van der Waals surface area contributed by atoms with Crippen molar-refractivity contribution in [2.45, 2.75) is 25.4 Å². The highest BCUT2D eigenvalue weighted by Gasteiger charge is 2.35. The molecule has 2 atom stereocenters. The summed E-state index contributed by atoms with van der Waals surface area (Å²) < 4.78 is 15.5. The molecule has 27 heavy (non-hydrogen) atoms. The second kappa shape index (κ2) is 6.82. The molecule has 4 rings (SSSR count). The lowest BCUT2D eigenvalue weighted by atomic mass is 9.95. The fraction of sp³-hybridized carbons (Fsp3) is 0.389. The maximum absolute atomic E-state index is 12.9. The fourth-order valence-corrected chi connectivity index (χ4v) is 3.42. The van der Waals surface area contributed by atoms with Crippen molar-refractivity contribution in [2.75, 3.05) is 20.4 Å². The summed E-state index contributed by atoms with van der Waals surface area (Å²) >= 11 is 0. The van der Waals surface area contributed by atoms with E-state index in [1.807, 2.05) is 18.2 Å². The molecule has 3 heterocycles. The van der Waals surface area contributed by atoms with E-state index in [0.29, 0.717) is 24.5 Å². The number of methoxy groups -OCH3 is 1. The van der Waals surface area contributed by atoms with Crippen molar-refractivity contribution in [1.29, 1.82) is 0 Å². The molecule has 2 aliphatic rings. The first-order chi connectivity index (χ1) is 13.1. The summed E-state index contributed by atoms with van der Waals surface area (Å²) in [7, 11) is 1.29. The van der Waals surface area contributed by atoms with Crippen LogP contribution in [0.2, 0.25) is 0 Å². The van der Waals surface area contributed by atoms with Crippen LogP contribution < -0.4 is 14.8 Å². The Bertz CT molecular complexity index is 880. The third kappa shape index (κ3) is 3.05. The van der Waals surface area contributed by atoms with Gasteiger partial charge in [0.15, 0.2) is 11.5 Å². The normalized spacial score (nSPS) is 18.6. The minimum Gasteiger partial charge on any atom is -0.467 e. The molecule has 1 aromatic carbocycles. The molecule has 0 spiro atoms. The van der Waals surface area contributed by atoms with E-state index >= 15 is 0 Å². The maximum atomic E-state index is 12.9. The first-order valence-electron chi connectivity index (χ1n) is 8.65. The number of amides is 2. The number of hydrogen-bond donors (Lipinski definition) is 2. The van der Waals surface area contributed by atoms with Crippen LogP contribution in [-0.2, 0) is 16.0 Å². The molecule has 2 aromatic rings. The summed E-state index contributed by atoms with van der Waals surface area (Å²) in [5.74, 6) is 0.811. The average Bonchev–Trinajstić information content (AvgIpc) is 3.34. The number of imidazole rings is 1. The summed E-state index contributed by atoms with van der Waals surface area (Å²) in [6.45, 7) is 2.25. The quantitative estimate of drug-likeness (QED) is 0.788. The monoisotopic (exact) mass is 372 g/mol. The van der Waals surface area contributed by atoms with Gasteiger partial charge in [0.05, 0.1) is 19.1 Å². The molecular weight excluding hydrogens is 352 g/mol. The zero-order valence-electron chi connectivity index (χ0n) is 15.0. The van der Waals surface area contributed by atoms with Crippen molar-refractivity contribution >= 4 is 12.0 Å². The molecule has 142 valence electrons. The van der Waals surface area contributed by atoms with Gasteiger partial charge in [-0.15, -0.1) is 0 Å². The predicted molar refractivity (Wildman–Crippen MR) is 93.4 cm³/mol. The largest absolute Gasteiger partial charge is 0.467 e. The van der Waals surface area contributed by atoms with Crippen molar-refractivity contribution in [3.8, 4) is 11.5 Å². The van der Waals surface area contributed by atoms with Gasteiger partial charge in [0.1, 0.15) is 12.1 Å². The summed E-state index contributed by atoms with van der Waals surface area (Å²) in [4.78, 5) is 33.8. The van der Waals surface area contributed by atoms with Crippen LogP contribution in [0.25, 0.3) is 0 Å². The molecule has 0 aliphatic carbocycles.